The van der Waals surface area contributed by atoms with Gasteiger partial charge in [0, 0.05) is 18.7 Å². The Bertz CT molecular complexity index is 830. The second-order valence-corrected chi connectivity index (χ2v) is 7.97. The smallest absolute Gasteiger partial charge is 0.251 e. The number of benzene rings is 2. The zero-order valence-electron chi connectivity index (χ0n) is 14.8. The number of carbonyl (C=O) groups excluding carboxylic acids is 1. The van der Waals surface area contributed by atoms with Crippen LogP contribution in [0.25, 0.3) is 0 Å². The van der Waals surface area contributed by atoms with Crippen molar-refractivity contribution in [1.29, 1.82) is 0 Å². The molecule has 0 aliphatic carbocycles. The Morgan fingerprint density at radius 3 is 2.32 bits per heavy atom. The van der Waals surface area contributed by atoms with Crippen LogP contribution >= 0.6 is 0 Å². The molecule has 2 aromatic rings. The summed E-state index contributed by atoms with van der Waals surface area (Å²) in [6.45, 7) is 6.22. The number of hydrogen-bond acceptors (Lipinski definition) is 3. The van der Waals surface area contributed by atoms with E-state index >= 15 is 0 Å². The van der Waals surface area contributed by atoms with Gasteiger partial charge in [-0.2, -0.15) is 0 Å². The first kappa shape index (κ1) is 19.0. The average Bonchev–Trinajstić information content (AvgIpc) is 2.61. The normalized spacial score (nSPS) is 11.2. The maximum Gasteiger partial charge on any atom is 0.251 e. The molecule has 2 rings (SSSR count). The fourth-order valence-corrected chi connectivity index (χ4v) is 3.73. The third kappa shape index (κ3) is 4.82. The van der Waals surface area contributed by atoms with Crippen molar-refractivity contribution in [2.24, 2.45) is 0 Å². The predicted molar refractivity (Wildman–Crippen MR) is 101 cm³/mol. The highest BCUT2D eigenvalue weighted by atomic mass is 32.2. The molecule has 1 N–H and O–H groups in total. The largest absolute Gasteiger partial charge is 0.348 e. The molecule has 5 nitrogen and oxygen atoms in total. The number of anilines is 1. The summed E-state index contributed by atoms with van der Waals surface area (Å²) in [4.78, 5) is 12.3. The highest BCUT2D eigenvalue weighted by Crippen LogP contribution is 2.19. The van der Waals surface area contributed by atoms with Crippen molar-refractivity contribution in [3.8, 4) is 0 Å². The van der Waals surface area contributed by atoms with Crippen molar-refractivity contribution in [2.45, 2.75) is 27.3 Å². The topological polar surface area (TPSA) is 66.5 Å². The lowest BCUT2D eigenvalue weighted by molar-refractivity contribution is 0.0951. The molecule has 0 heterocycles. The Balaban J connectivity index is 2.07. The van der Waals surface area contributed by atoms with Gasteiger partial charge in [0.15, 0.2) is 0 Å². The van der Waals surface area contributed by atoms with E-state index < -0.39 is 10.0 Å². The van der Waals surface area contributed by atoms with Crippen LogP contribution < -0.4 is 9.62 Å². The number of carbonyl (C=O) groups is 1. The van der Waals surface area contributed by atoms with Crippen molar-refractivity contribution < 1.29 is 13.2 Å². The lowest BCUT2D eigenvalue weighted by Gasteiger charge is -2.22. The maximum absolute atomic E-state index is 12.3. The molecule has 0 atom stereocenters. The standard InChI is InChI=1S/C19H24N2O3S/c1-4-21(25(23,24)5-2)18-11-9-17(10-12-18)19(22)20-14-16-8-6-7-15(3)13-16/h6-13H,4-5,14H2,1-3H3,(H,20,22). The first-order valence-electron chi connectivity index (χ1n) is 8.31. The Labute approximate surface area is 149 Å². The lowest BCUT2D eigenvalue weighted by Crippen LogP contribution is -2.32. The molecule has 134 valence electrons. The van der Waals surface area contributed by atoms with E-state index in [1.165, 1.54) is 4.31 Å². The summed E-state index contributed by atoms with van der Waals surface area (Å²) in [6.07, 6.45) is 0. The summed E-state index contributed by atoms with van der Waals surface area (Å²) in [5, 5.41) is 2.88. The molecule has 25 heavy (non-hydrogen) atoms. The minimum atomic E-state index is -3.31. The van der Waals surface area contributed by atoms with Crippen LogP contribution in [0.5, 0.6) is 0 Å². The molecule has 1 amide bonds. The fourth-order valence-electron chi connectivity index (χ4n) is 2.58. The highest BCUT2D eigenvalue weighted by Gasteiger charge is 2.18. The number of rotatable bonds is 7. The van der Waals surface area contributed by atoms with Crippen molar-refractivity contribution in [1.82, 2.24) is 5.32 Å². The minimum absolute atomic E-state index is 0.0412. The number of amides is 1. The van der Waals surface area contributed by atoms with Gasteiger partial charge in [-0.3, -0.25) is 9.10 Å². The van der Waals surface area contributed by atoms with Crippen LogP contribution in [-0.4, -0.2) is 26.6 Å². The first-order chi connectivity index (χ1) is 11.9. The molecule has 0 aliphatic rings. The molecule has 0 saturated carbocycles. The van der Waals surface area contributed by atoms with E-state index in [9.17, 15) is 13.2 Å². The van der Waals surface area contributed by atoms with E-state index in [1.54, 1.807) is 38.1 Å². The van der Waals surface area contributed by atoms with Crippen LogP contribution in [0.4, 0.5) is 5.69 Å². The molecule has 0 aromatic heterocycles. The summed E-state index contributed by atoms with van der Waals surface area (Å²) in [7, 11) is -3.31. The molecule has 0 spiro atoms. The number of hydrogen-bond donors (Lipinski definition) is 1. The number of nitrogens with one attached hydrogen (secondary N) is 1. The van der Waals surface area contributed by atoms with Gasteiger partial charge in [0.05, 0.1) is 11.4 Å². The van der Waals surface area contributed by atoms with Gasteiger partial charge in [-0.05, 0) is 50.6 Å². The number of aryl methyl sites for hydroxylation is 1. The van der Waals surface area contributed by atoms with Gasteiger partial charge in [-0.15, -0.1) is 0 Å². The van der Waals surface area contributed by atoms with Gasteiger partial charge in [0.25, 0.3) is 5.91 Å². The van der Waals surface area contributed by atoms with E-state index in [4.69, 9.17) is 0 Å². The molecule has 0 radical (unpaired) electrons. The van der Waals surface area contributed by atoms with Gasteiger partial charge in [0.2, 0.25) is 10.0 Å². The summed E-state index contributed by atoms with van der Waals surface area (Å²) in [5.74, 6) is -0.144. The predicted octanol–water partition coefficient (Wildman–Crippen LogP) is 3.10. The van der Waals surface area contributed by atoms with Crippen LogP contribution in [0.3, 0.4) is 0 Å². The number of nitrogens with zero attached hydrogens (tertiary/aromatic N) is 1. The molecule has 0 unspecified atom stereocenters. The number of sulfonamides is 1. The molecule has 6 heteroatoms. The van der Waals surface area contributed by atoms with Gasteiger partial charge in [0.1, 0.15) is 0 Å². The van der Waals surface area contributed by atoms with Gasteiger partial charge in [-0.25, -0.2) is 8.42 Å². The van der Waals surface area contributed by atoms with Crippen molar-refractivity contribution >= 4 is 21.6 Å². The van der Waals surface area contributed by atoms with Crippen molar-refractivity contribution in [3.63, 3.8) is 0 Å². The maximum atomic E-state index is 12.3. The van der Waals surface area contributed by atoms with Crippen molar-refractivity contribution in [3.05, 3.63) is 65.2 Å². The van der Waals surface area contributed by atoms with Crippen LogP contribution in [-0.2, 0) is 16.6 Å². The lowest BCUT2D eigenvalue weighted by atomic mass is 10.1. The third-order valence-corrected chi connectivity index (χ3v) is 5.81. The molecule has 0 saturated heterocycles. The first-order valence-corrected chi connectivity index (χ1v) is 9.92. The van der Waals surface area contributed by atoms with E-state index in [-0.39, 0.29) is 11.7 Å². The van der Waals surface area contributed by atoms with Crippen LogP contribution in [0.1, 0.15) is 35.3 Å². The van der Waals surface area contributed by atoms with Crippen LogP contribution in [0, 0.1) is 6.92 Å². The molecule has 0 fully saturated rings. The second-order valence-electron chi connectivity index (χ2n) is 5.78. The average molecular weight is 360 g/mol. The molecule has 2 aromatic carbocycles. The summed E-state index contributed by atoms with van der Waals surface area (Å²) >= 11 is 0. The quantitative estimate of drug-likeness (QED) is 0.825. The van der Waals surface area contributed by atoms with Crippen LogP contribution in [0.2, 0.25) is 0 Å². The fraction of sp³-hybridized carbons (Fsp3) is 0.316. The SMILES string of the molecule is CCN(c1ccc(C(=O)NCc2cccc(C)c2)cc1)S(=O)(=O)CC. The summed E-state index contributed by atoms with van der Waals surface area (Å²) < 4.78 is 25.5. The highest BCUT2D eigenvalue weighted by molar-refractivity contribution is 7.92. The third-order valence-electron chi connectivity index (χ3n) is 3.94. The van der Waals surface area contributed by atoms with E-state index in [0.717, 1.165) is 11.1 Å². The Morgan fingerprint density at radius 2 is 1.76 bits per heavy atom. The molecule has 0 aliphatic heterocycles. The van der Waals surface area contributed by atoms with E-state index in [1.807, 2.05) is 31.2 Å². The Kier molecular flexibility index (Phi) is 6.20. The monoisotopic (exact) mass is 360 g/mol. The van der Waals surface area contributed by atoms with Gasteiger partial charge < -0.3 is 5.32 Å². The molecule has 0 bridgehead atoms. The summed E-state index contributed by atoms with van der Waals surface area (Å²) in [6, 6.07) is 14.6. The zero-order valence-corrected chi connectivity index (χ0v) is 15.6. The van der Waals surface area contributed by atoms with Crippen molar-refractivity contribution in [2.75, 3.05) is 16.6 Å². The van der Waals surface area contributed by atoms with E-state index in [2.05, 4.69) is 5.32 Å². The zero-order chi connectivity index (χ0) is 18.4. The van der Waals surface area contributed by atoms with Crippen LogP contribution in [0.15, 0.2) is 48.5 Å². The molecular weight excluding hydrogens is 336 g/mol. The summed E-state index contributed by atoms with van der Waals surface area (Å²) in [5.41, 5.74) is 3.25. The van der Waals surface area contributed by atoms with Gasteiger partial charge >= 0.3 is 0 Å². The molecular formula is C19H24N2O3S. The second kappa shape index (κ2) is 8.16. The van der Waals surface area contributed by atoms with Gasteiger partial charge in [-0.1, -0.05) is 29.8 Å². The Hall–Kier alpha value is -2.34. The van der Waals surface area contributed by atoms with E-state index in [0.29, 0.717) is 24.3 Å². The Morgan fingerprint density at radius 1 is 1.08 bits per heavy atom. The minimum Gasteiger partial charge on any atom is -0.348 e.